The number of piperidine rings is 1. The van der Waals surface area contributed by atoms with Gasteiger partial charge in [-0.25, -0.2) is 0 Å². The Balaban J connectivity index is 2.77. The average molecular weight is 236 g/mol. The molecule has 0 aromatic carbocycles. The molecular weight excluding hydrogens is 220 g/mol. The highest BCUT2D eigenvalue weighted by molar-refractivity contribution is 7.86. The first-order valence-corrected chi connectivity index (χ1v) is 6.16. The standard InChI is InChI=1S/C8H16N2O4S/c1-9(2)15(13,14)10-5-3-4-7(6-10)8(11)12/h7H,3-6H2,1-2H3,(H,11,12)/t7-/m1/s1. The van der Waals surface area contributed by atoms with Crippen LogP contribution in [0.5, 0.6) is 0 Å². The van der Waals surface area contributed by atoms with Gasteiger partial charge in [0.1, 0.15) is 0 Å². The Morgan fingerprint density at radius 3 is 2.53 bits per heavy atom. The van der Waals surface area contributed by atoms with Crippen LogP contribution in [-0.4, -0.2) is 55.3 Å². The zero-order valence-electron chi connectivity index (χ0n) is 8.88. The van der Waals surface area contributed by atoms with E-state index in [0.29, 0.717) is 19.4 Å². The molecule has 15 heavy (non-hydrogen) atoms. The highest BCUT2D eigenvalue weighted by Gasteiger charge is 2.33. The molecule has 0 aliphatic carbocycles. The lowest BCUT2D eigenvalue weighted by Gasteiger charge is -2.31. The van der Waals surface area contributed by atoms with Gasteiger partial charge in [0.15, 0.2) is 0 Å². The van der Waals surface area contributed by atoms with Crippen molar-refractivity contribution in [3.8, 4) is 0 Å². The topological polar surface area (TPSA) is 77.9 Å². The summed E-state index contributed by atoms with van der Waals surface area (Å²) in [7, 11) is -0.575. The van der Waals surface area contributed by atoms with Gasteiger partial charge in [-0.15, -0.1) is 0 Å². The molecule has 88 valence electrons. The predicted molar refractivity (Wildman–Crippen MR) is 54.5 cm³/mol. The molecule has 6 nitrogen and oxygen atoms in total. The Bertz CT molecular complexity index is 339. The van der Waals surface area contributed by atoms with Crippen LogP contribution in [0.25, 0.3) is 0 Å². The van der Waals surface area contributed by atoms with Crippen LogP contribution >= 0.6 is 0 Å². The predicted octanol–water partition coefficient (Wildman–Crippen LogP) is -0.411. The van der Waals surface area contributed by atoms with Gasteiger partial charge in [0.05, 0.1) is 5.92 Å². The lowest BCUT2D eigenvalue weighted by Crippen LogP contribution is -2.46. The van der Waals surface area contributed by atoms with Gasteiger partial charge >= 0.3 is 5.97 Å². The highest BCUT2D eigenvalue weighted by Crippen LogP contribution is 2.20. The van der Waals surface area contributed by atoms with E-state index in [-0.39, 0.29) is 6.54 Å². The van der Waals surface area contributed by atoms with E-state index < -0.39 is 22.1 Å². The lowest BCUT2D eigenvalue weighted by atomic mass is 10.0. The number of carbonyl (C=O) groups is 1. The zero-order valence-corrected chi connectivity index (χ0v) is 9.70. The molecule has 1 rings (SSSR count). The number of aliphatic carboxylic acids is 1. The summed E-state index contributed by atoms with van der Waals surface area (Å²) in [4.78, 5) is 10.8. The maximum atomic E-state index is 11.7. The van der Waals surface area contributed by atoms with E-state index >= 15 is 0 Å². The van der Waals surface area contributed by atoms with Gasteiger partial charge < -0.3 is 5.11 Å². The molecule has 1 atom stereocenters. The van der Waals surface area contributed by atoms with Gasteiger partial charge in [0, 0.05) is 27.2 Å². The van der Waals surface area contributed by atoms with E-state index in [1.807, 2.05) is 0 Å². The van der Waals surface area contributed by atoms with Gasteiger partial charge in [-0.2, -0.15) is 17.0 Å². The smallest absolute Gasteiger partial charge is 0.307 e. The summed E-state index contributed by atoms with van der Waals surface area (Å²) in [6.45, 7) is 0.486. The largest absolute Gasteiger partial charge is 0.481 e. The summed E-state index contributed by atoms with van der Waals surface area (Å²) in [5, 5.41) is 8.83. The first-order valence-electron chi connectivity index (χ1n) is 4.76. The van der Waals surface area contributed by atoms with E-state index in [2.05, 4.69) is 0 Å². The zero-order chi connectivity index (χ0) is 11.6. The van der Waals surface area contributed by atoms with Crippen LogP contribution in [0.4, 0.5) is 0 Å². The van der Waals surface area contributed by atoms with Gasteiger partial charge in [-0.05, 0) is 12.8 Å². The Morgan fingerprint density at radius 1 is 1.47 bits per heavy atom. The Kier molecular flexibility index (Phi) is 3.69. The lowest BCUT2D eigenvalue weighted by molar-refractivity contribution is -0.142. The van der Waals surface area contributed by atoms with Crippen molar-refractivity contribution in [2.24, 2.45) is 5.92 Å². The molecule has 0 spiro atoms. The van der Waals surface area contributed by atoms with Crippen molar-refractivity contribution in [2.75, 3.05) is 27.2 Å². The molecule has 7 heteroatoms. The molecular formula is C8H16N2O4S. The molecule has 0 saturated carbocycles. The quantitative estimate of drug-likeness (QED) is 0.722. The molecule has 0 amide bonds. The molecule has 0 unspecified atom stereocenters. The van der Waals surface area contributed by atoms with Crippen molar-refractivity contribution in [3.63, 3.8) is 0 Å². The van der Waals surface area contributed by atoms with E-state index in [4.69, 9.17) is 5.11 Å². The van der Waals surface area contributed by atoms with E-state index in [1.54, 1.807) is 0 Å². The summed E-state index contributed by atoms with van der Waals surface area (Å²) < 4.78 is 25.8. The van der Waals surface area contributed by atoms with Crippen LogP contribution < -0.4 is 0 Å². The molecule has 1 fully saturated rings. The Labute approximate surface area is 89.7 Å². The Hall–Kier alpha value is -0.660. The van der Waals surface area contributed by atoms with E-state index in [9.17, 15) is 13.2 Å². The fourth-order valence-corrected chi connectivity index (χ4v) is 2.77. The van der Waals surface area contributed by atoms with E-state index in [0.717, 1.165) is 4.31 Å². The minimum Gasteiger partial charge on any atom is -0.481 e. The van der Waals surface area contributed by atoms with Gasteiger partial charge in [-0.1, -0.05) is 0 Å². The number of hydrogen-bond acceptors (Lipinski definition) is 3. The molecule has 1 heterocycles. The maximum absolute atomic E-state index is 11.7. The van der Waals surface area contributed by atoms with Crippen molar-refractivity contribution < 1.29 is 18.3 Å². The number of carboxylic acid groups (broad SMARTS) is 1. The molecule has 0 bridgehead atoms. The minimum atomic E-state index is -3.46. The molecule has 1 aliphatic heterocycles. The fraction of sp³-hybridized carbons (Fsp3) is 0.875. The minimum absolute atomic E-state index is 0.0792. The maximum Gasteiger partial charge on any atom is 0.307 e. The van der Waals surface area contributed by atoms with Gasteiger partial charge in [0.2, 0.25) is 0 Å². The number of carboxylic acids is 1. The highest BCUT2D eigenvalue weighted by atomic mass is 32.2. The van der Waals surface area contributed by atoms with Crippen LogP contribution in [-0.2, 0) is 15.0 Å². The van der Waals surface area contributed by atoms with Crippen LogP contribution in [0.15, 0.2) is 0 Å². The molecule has 1 aliphatic rings. The third-order valence-corrected chi connectivity index (χ3v) is 4.43. The molecule has 0 aromatic rings. The molecule has 0 radical (unpaired) electrons. The molecule has 1 saturated heterocycles. The summed E-state index contributed by atoms with van der Waals surface area (Å²) in [5.41, 5.74) is 0. The number of nitrogens with zero attached hydrogens (tertiary/aromatic N) is 2. The van der Waals surface area contributed by atoms with Crippen molar-refractivity contribution in [2.45, 2.75) is 12.8 Å². The normalized spacial score (nSPS) is 24.3. The van der Waals surface area contributed by atoms with Gasteiger partial charge in [0.25, 0.3) is 10.2 Å². The van der Waals surface area contributed by atoms with Crippen molar-refractivity contribution >= 4 is 16.2 Å². The van der Waals surface area contributed by atoms with Crippen LogP contribution in [0.3, 0.4) is 0 Å². The third-order valence-electron chi connectivity index (χ3n) is 2.52. The monoisotopic (exact) mass is 236 g/mol. The second kappa shape index (κ2) is 4.46. The Morgan fingerprint density at radius 2 is 2.07 bits per heavy atom. The van der Waals surface area contributed by atoms with E-state index in [1.165, 1.54) is 18.4 Å². The summed E-state index contributed by atoms with van der Waals surface area (Å²) in [6.07, 6.45) is 1.15. The second-order valence-corrected chi connectivity index (χ2v) is 5.97. The second-order valence-electron chi connectivity index (χ2n) is 3.83. The third kappa shape index (κ3) is 2.67. The van der Waals surface area contributed by atoms with Crippen molar-refractivity contribution in [3.05, 3.63) is 0 Å². The van der Waals surface area contributed by atoms with Crippen LogP contribution in [0.2, 0.25) is 0 Å². The number of hydrogen-bond donors (Lipinski definition) is 1. The first kappa shape index (κ1) is 12.4. The van der Waals surface area contributed by atoms with Crippen LogP contribution in [0, 0.1) is 5.92 Å². The number of rotatable bonds is 3. The molecule has 0 aromatic heterocycles. The van der Waals surface area contributed by atoms with Crippen molar-refractivity contribution in [1.82, 2.24) is 8.61 Å². The SMILES string of the molecule is CN(C)S(=O)(=O)N1CCC[C@@H](C(=O)O)C1. The molecule has 1 N–H and O–H groups in total. The van der Waals surface area contributed by atoms with Gasteiger partial charge in [-0.3, -0.25) is 4.79 Å². The van der Waals surface area contributed by atoms with Crippen LogP contribution in [0.1, 0.15) is 12.8 Å². The average Bonchev–Trinajstić information content (AvgIpc) is 2.17. The summed E-state index contributed by atoms with van der Waals surface area (Å²) >= 11 is 0. The fourth-order valence-electron chi connectivity index (χ4n) is 1.58. The summed E-state index contributed by atoms with van der Waals surface area (Å²) in [6, 6.07) is 0. The first-order chi connectivity index (χ1) is 6.85. The van der Waals surface area contributed by atoms with Crippen molar-refractivity contribution in [1.29, 1.82) is 0 Å². The summed E-state index contributed by atoms with van der Waals surface area (Å²) in [5.74, 6) is -1.50.